The van der Waals surface area contributed by atoms with E-state index in [2.05, 4.69) is 53.9 Å². The van der Waals surface area contributed by atoms with Gasteiger partial charge in [0.2, 0.25) is 5.91 Å². The molecule has 0 aliphatic rings. The average molecular weight is 317 g/mol. The molecule has 0 heterocycles. The van der Waals surface area contributed by atoms with Crippen molar-refractivity contribution in [3.8, 4) is 0 Å². The van der Waals surface area contributed by atoms with Crippen molar-refractivity contribution in [3.05, 3.63) is 34.9 Å². The summed E-state index contributed by atoms with van der Waals surface area (Å²) in [7, 11) is 0. The van der Waals surface area contributed by atoms with Gasteiger partial charge in [-0.05, 0) is 30.5 Å². The number of halogens is 1. The van der Waals surface area contributed by atoms with Gasteiger partial charge in [0.05, 0.1) is 6.42 Å². The van der Waals surface area contributed by atoms with Crippen molar-refractivity contribution in [2.24, 2.45) is 0 Å². The smallest absolute Gasteiger partial charge is 0.224 e. The molecule has 0 spiro atoms. The van der Waals surface area contributed by atoms with E-state index in [9.17, 15) is 4.79 Å². The molecule has 82 valence electrons. The van der Waals surface area contributed by atoms with Gasteiger partial charge in [-0.25, -0.2) is 0 Å². The number of hydrogen-bond donors (Lipinski definition) is 1. The molecule has 0 fully saturated rings. The van der Waals surface area contributed by atoms with Crippen LogP contribution < -0.4 is 5.32 Å². The number of carbonyl (C=O) groups is 1. The summed E-state index contributed by atoms with van der Waals surface area (Å²) in [4.78, 5) is 11.5. The second-order valence-electron chi connectivity index (χ2n) is 3.63. The summed E-state index contributed by atoms with van der Waals surface area (Å²) in [5.74, 6) is 0.106. The lowest BCUT2D eigenvalue weighted by molar-refractivity contribution is -0.120. The monoisotopic (exact) mass is 317 g/mol. The van der Waals surface area contributed by atoms with E-state index < -0.39 is 0 Å². The van der Waals surface area contributed by atoms with Crippen LogP contribution in [0.2, 0.25) is 0 Å². The third-order valence-electron chi connectivity index (χ3n) is 2.35. The van der Waals surface area contributed by atoms with Crippen LogP contribution in [0.5, 0.6) is 0 Å². The predicted molar refractivity (Wildman–Crippen MR) is 71.5 cm³/mol. The lowest BCUT2D eigenvalue weighted by atomic mass is 10.0. The van der Waals surface area contributed by atoms with E-state index in [0.29, 0.717) is 6.42 Å². The van der Waals surface area contributed by atoms with Crippen molar-refractivity contribution < 1.29 is 4.79 Å². The summed E-state index contributed by atoms with van der Waals surface area (Å²) < 4.78 is 0.955. The summed E-state index contributed by atoms with van der Waals surface area (Å²) in [5.41, 5.74) is 3.60. The van der Waals surface area contributed by atoms with Gasteiger partial charge in [-0.2, -0.15) is 0 Å². The van der Waals surface area contributed by atoms with Gasteiger partial charge in [0.1, 0.15) is 0 Å². The van der Waals surface area contributed by atoms with Crippen LogP contribution >= 0.6 is 22.6 Å². The second kappa shape index (κ2) is 6.10. The van der Waals surface area contributed by atoms with E-state index in [1.165, 1.54) is 11.1 Å². The Bertz CT molecular complexity index is 349. The van der Waals surface area contributed by atoms with Gasteiger partial charge in [-0.15, -0.1) is 0 Å². The zero-order valence-electron chi connectivity index (χ0n) is 9.14. The van der Waals surface area contributed by atoms with Crippen molar-refractivity contribution >= 4 is 28.5 Å². The lowest BCUT2D eigenvalue weighted by Crippen LogP contribution is -2.26. The highest BCUT2D eigenvalue weighted by molar-refractivity contribution is 14.1. The molecular formula is C12H16INO. The molecule has 0 radical (unpaired) electrons. The van der Waals surface area contributed by atoms with E-state index in [-0.39, 0.29) is 5.91 Å². The van der Waals surface area contributed by atoms with Crippen molar-refractivity contribution in [1.82, 2.24) is 5.32 Å². The number of benzene rings is 1. The Hall–Kier alpha value is -0.580. The maximum Gasteiger partial charge on any atom is 0.224 e. The Balaban J connectivity index is 2.57. The van der Waals surface area contributed by atoms with Crippen LogP contribution in [0.1, 0.15) is 16.7 Å². The molecule has 2 nitrogen and oxygen atoms in total. The standard InChI is InChI=1S/C12H16INO/c1-9-3-4-11(7-10(9)2)8-12(15)14-6-5-13/h3-4,7H,5-6,8H2,1-2H3,(H,14,15). The van der Waals surface area contributed by atoms with Gasteiger partial charge in [-0.3, -0.25) is 4.79 Å². The van der Waals surface area contributed by atoms with Gasteiger partial charge in [0.15, 0.2) is 0 Å². The van der Waals surface area contributed by atoms with Crippen molar-refractivity contribution in [2.45, 2.75) is 20.3 Å². The van der Waals surface area contributed by atoms with Crippen molar-refractivity contribution in [1.29, 1.82) is 0 Å². The maximum absolute atomic E-state index is 11.5. The average Bonchev–Trinajstić information content (AvgIpc) is 2.20. The molecule has 0 saturated heterocycles. The van der Waals surface area contributed by atoms with Gasteiger partial charge in [-0.1, -0.05) is 40.8 Å². The number of alkyl halides is 1. The Morgan fingerprint density at radius 2 is 2.07 bits per heavy atom. The first-order chi connectivity index (χ1) is 7.13. The minimum Gasteiger partial charge on any atom is -0.355 e. The van der Waals surface area contributed by atoms with E-state index >= 15 is 0 Å². The van der Waals surface area contributed by atoms with Crippen LogP contribution in [-0.2, 0) is 11.2 Å². The van der Waals surface area contributed by atoms with Crippen LogP contribution in [0.15, 0.2) is 18.2 Å². The lowest BCUT2D eigenvalue weighted by Gasteiger charge is -2.05. The van der Waals surface area contributed by atoms with Gasteiger partial charge < -0.3 is 5.32 Å². The first kappa shape index (κ1) is 12.5. The molecule has 0 aromatic heterocycles. The van der Waals surface area contributed by atoms with E-state index in [4.69, 9.17) is 0 Å². The molecule has 0 unspecified atom stereocenters. The number of carbonyl (C=O) groups excluding carboxylic acids is 1. The third-order valence-corrected chi connectivity index (χ3v) is 2.89. The topological polar surface area (TPSA) is 29.1 Å². The molecule has 15 heavy (non-hydrogen) atoms. The minimum atomic E-state index is 0.106. The molecule has 1 aromatic rings. The van der Waals surface area contributed by atoms with Gasteiger partial charge in [0, 0.05) is 11.0 Å². The molecular weight excluding hydrogens is 301 g/mol. The maximum atomic E-state index is 11.5. The van der Waals surface area contributed by atoms with Gasteiger partial charge in [0.25, 0.3) is 0 Å². The second-order valence-corrected chi connectivity index (χ2v) is 4.71. The predicted octanol–water partition coefficient (Wildman–Crippen LogP) is 2.40. The fourth-order valence-corrected chi connectivity index (χ4v) is 1.62. The summed E-state index contributed by atoms with van der Waals surface area (Å²) in [5, 5.41) is 2.87. The van der Waals surface area contributed by atoms with Gasteiger partial charge >= 0.3 is 0 Å². The summed E-state index contributed by atoms with van der Waals surface area (Å²) >= 11 is 2.25. The largest absolute Gasteiger partial charge is 0.355 e. The Labute approximate surface area is 105 Å². The summed E-state index contributed by atoms with van der Waals surface area (Å²) in [6.45, 7) is 4.90. The third kappa shape index (κ3) is 4.20. The van der Waals surface area contributed by atoms with E-state index in [0.717, 1.165) is 16.5 Å². The molecule has 3 heteroatoms. The number of hydrogen-bond acceptors (Lipinski definition) is 1. The molecule has 0 aliphatic heterocycles. The van der Waals surface area contributed by atoms with Crippen LogP contribution in [0.25, 0.3) is 0 Å². The number of rotatable bonds is 4. The molecule has 0 bridgehead atoms. The van der Waals surface area contributed by atoms with Crippen molar-refractivity contribution in [2.75, 3.05) is 11.0 Å². The summed E-state index contributed by atoms with van der Waals surface area (Å²) in [6, 6.07) is 6.17. The molecule has 0 saturated carbocycles. The normalized spacial score (nSPS) is 10.1. The fraction of sp³-hybridized carbons (Fsp3) is 0.417. The Morgan fingerprint density at radius 3 is 2.67 bits per heavy atom. The number of amides is 1. The molecule has 0 aliphatic carbocycles. The summed E-state index contributed by atoms with van der Waals surface area (Å²) in [6.07, 6.45) is 0.484. The number of aryl methyl sites for hydroxylation is 2. The molecule has 1 amide bonds. The number of nitrogens with one attached hydrogen (secondary N) is 1. The Morgan fingerprint density at radius 1 is 1.33 bits per heavy atom. The van der Waals surface area contributed by atoms with Crippen LogP contribution in [-0.4, -0.2) is 16.9 Å². The molecule has 1 rings (SSSR count). The van der Waals surface area contributed by atoms with Crippen LogP contribution in [0.4, 0.5) is 0 Å². The van der Waals surface area contributed by atoms with E-state index in [1.807, 2.05) is 6.07 Å². The van der Waals surface area contributed by atoms with Crippen molar-refractivity contribution in [3.63, 3.8) is 0 Å². The highest BCUT2D eigenvalue weighted by Crippen LogP contribution is 2.10. The SMILES string of the molecule is Cc1ccc(CC(=O)NCCI)cc1C. The zero-order valence-corrected chi connectivity index (χ0v) is 11.3. The van der Waals surface area contributed by atoms with E-state index in [1.54, 1.807) is 0 Å². The first-order valence-corrected chi connectivity index (χ1v) is 6.55. The minimum absolute atomic E-state index is 0.106. The first-order valence-electron chi connectivity index (χ1n) is 5.02. The van der Waals surface area contributed by atoms with Crippen LogP contribution in [0, 0.1) is 13.8 Å². The molecule has 0 atom stereocenters. The highest BCUT2D eigenvalue weighted by Gasteiger charge is 2.03. The fourth-order valence-electron chi connectivity index (χ4n) is 1.35. The molecule has 1 aromatic carbocycles. The Kier molecular flexibility index (Phi) is 5.08. The zero-order chi connectivity index (χ0) is 11.3. The van der Waals surface area contributed by atoms with Crippen LogP contribution in [0.3, 0.4) is 0 Å². The highest BCUT2D eigenvalue weighted by atomic mass is 127. The molecule has 1 N–H and O–H groups in total. The quantitative estimate of drug-likeness (QED) is 0.670.